The van der Waals surface area contributed by atoms with Crippen LogP contribution < -0.4 is 9.64 Å². The summed E-state index contributed by atoms with van der Waals surface area (Å²) in [6.45, 7) is 7.48. The van der Waals surface area contributed by atoms with Crippen LogP contribution in [-0.4, -0.2) is 99.1 Å². The van der Waals surface area contributed by atoms with E-state index in [4.69, 9.17) is 26.1 Å². The molecule has 3 aliphatic rings. The van der Waals surface area contributed by atoms with Gasteiger partial charge in [0.15, 0.2) is 5.82 Å². The van der Waals surface area contributed by atoms with Crippen LogP contribution in [0.2, 0.25) is 5.02 Å². The van der Waals surface area contributed by atoms with Gasteiger partial charge in [-0.05, 0) is 58.5 Å². The maximum Gasteiger partial charge on any atom is 0.410 e. The highest BCUT2D eigenvalue weighted by Gasteiger charge is 2.45. The lowest BCUT2D eigenvalue weighted by atomic mass is 10.0. The van der Waals surface area contributed by atoms with Crippen molar-refractivity contribution in [2.45, 2.75) is 69.9 Å². The highest BCUT2D eigenvalue weighted by molar-refractivity contribution is 6.36. The Morgan fingerprint density at radius 1 is 1.09 bits per heavy atom. The molecule has 2 bridgehead atoms. The summed E-state index contributed by atoms with van der Waals surface area (Å²) in [5.41, 5.74) is 0.169. The zero-order valence-corrected chi connectivity index (χ0v) is 27.2. The van der Waals surface area contributed by atoms with E-state index in [9.17, 15) is 9.90 Å². The van der Waals surface area contributed by atoms with Crippen molar-refractivity contribution in [1.29, 1.82) is 0 Å². The van der Waals surface area contributed by atoms with Gasteiger partial charge in [0.2, 0.25) is 0 Å². The SMILES string of the molecule is CN1CC[C@@H](O)[C@H]1COc1nc(N2CC3CCC(C2)N3C(=O)OC(C)(C)C)c2cnc(-c3cccc4cccc(Cl)c34)c(F)c2n1. The number of amides is 1. The molecule has 3 fully saturated rings. The van der Waals surface area contributed by atoms with Gasteiger partial charge in [-0.1, -0.05) is 41.9 Å². The topological polar surface area (TPSA) is 104 Å². The van der Waals surface area contributed by atoms with Gasteiger partial charge in [-0.15, -0.1) is 0 Å². The Labute approximate surface area is 272 Å². The molecule has 0 saturated carbocycles. The summed E-state index contributed by atoms with van der Waals surface area (Å²) < 4.78 is 28.5. The Balaban J connectivity index is 1.30. The Hall–Kier alpha value is -3.80. The molecule has 7 rings (SSSR count). The van der Waals surface area contributed by atoms with E-state index in [1.54, 1.807) is 18.3 Å². The van der Waals surface area contributed by atoms with Crippen LogP contribution in [-0.2, 0) is 4.74 Å². The first kappa shape index (κ1) is 30.8. The molecule has 0 radical (unpaired) electrons. The second kappa shape index (κ2) is 11.8. The van der Waals surface area contributed by atoms with Crippen molar-refractivity contribution in [2.24, 2.45) is 0 Å². The van der Waals surface area contributed by atoms with Crippen LogP contribution in [0.5, 0.6) is 6.01 Å². The van der Waals surface area contributed by atoms with Crippen LogP contribution in [0.3, 0.4) is 0 Å². The number of fused-ring (bicyclic) bond motifs is 4. The van der Waals surface area contributed by atoms with E-state index < -0.39 is 17.5 Å². The lowest BCUT2D eigenvalue weighted by Crippen LogP contribution is -2.57. The van der Waals surface area contributed by atoms with Crippen LogP contribution in [0.15, 0.2) is 42.6 Å². The van der Waals surface area contributed by atoms with Crippen molar-refractivity contribution in [2.75, 3.05) is 38.2 Å². The third-order valence-electron chi connectivity index (χ3n) is 9.31. The summed E-state index contributed by atoms with van der Waals surface area (Å²) in [6.07, 6.45) is 3.07. The first-order valence-electron chi connectivity index (χ1n) is 15.8. The third kappa shape index (κ3) is 5.58. The number of halogens is 2. The number of likely N-dealkylation sites (N-methyl/N-ethyl adjacent to an activating group) is 1. The van der Waals surface area contributed by atoms with Gasteiger partial charge in [0.05, 0.1) is 29.6 Å². The number of aromatic nitrogens is 3. The number of benzene rings is 2. The Morgan fingerprint density at radius 3 is 2.48 bits per heavy atom. The lowest BCUT2D eigenvalue weighted by Gasteiger charge is -2.42. The van der Waals surface area contributed by atoms with E-state index in [1.807, 2.05) is 61.9 Å². The summed E-state index contributed by atoms with van der Waals surface area (Å²) in [5.74, 6) is -0.109. The van der Waals surface area contributed by atoms with Gasteiger partial charge in [0.1, 0.15) is 29.2 Å². The molecule has 46 heavy (non-hydrogen) atoms. The first-order valence-corrected chi connectivity index (χ1v) is 16.2. The van der Waals surface area contributed by atoms with E-state index >= 15 is 4.39 Å². The molecule has 5 heterocycles. The van der Waals surface area contributed by atoms with Gasteiger partial charge >= 0.3 is 12.1 Å². The van der Waals surface area contributed by atoms with Gasteiger partial charge in [-0.2, -0.15) is 9.97 Å². The number of aliphatic hydroxyl groups excluding tert-OH is 1. The Kier molecular flexibility index (Phi) is 7.89. The largest absolute Gasteiger partial charge is 0.462 e. The fourth-order valence-corrected chi connectivity index (χ4v) is 7.37. The fraction of sp³-hybridized carbons (Fsp3) is 0.471. The van der Waals surface area contributed by atoms with Crippen LogP contribution in [0, 0.1) is 5.82 Å². The maximum absolute atomic E-state index is 16.7. The number of piperazine rings is 1. The van der Waals surface area contributed by atoms with Crippen LogP contribution in [0.4, 0.5) is 15.0 Å². The van der Waals surface area contributed by atoms with Crippen molar-refractivity contribution >= 4 is 45.2 Å². The minimum Gasteiger partial charge on any atom is -0.462 e. The zero-order chi connectivity index (χ0) is 32.3. The van der Waals surface area contributed by atoms with Gasteiger partial charge in [0.25, 0.3) is 0 Å². The molecule has 4 aromatic rings. The number of hydrogen-bond donors (Lipinski definition) is 1. The first-order chi connectivity index (χ1) is 22.0. The Bertz CT molecular complexity index is 1790. The van der Waals surface area contributed by atoms with Crippen LogP contribution in [0.25, 0.3) is 32.9 Å². The summed E-state index contributed by atoms with van der Waals surface area (Å²) in [5, 5.41) is 13.0. The zero-order valence-electron chi connectivity index (χ0n) is 26.4. The van der Waals surface area contributed by atoms with E-state index in [0.717, 1.165) is 24.8 Å². The number of ether oxygens (including phenoxy) is 2. The van der Waals surface area contributed by atoms with Crippen molar-refractivity contribution < 1.29 is 23.8 Å². The van der Waals surface area contributed by atoms with E-state index in [-0.39, 0.29) is 48.0 Å². The second-order valence-corrected chi connectivity index (χ2v) is 14.0. The summed E-state index contributed by atoms with van der Waals surface area (Å²) in [6, 6.07) is 10.8. The smallest absolute Gasteiger partial charge is 0.410 e. The average Bonchev–Trinajstić information content (AvgIpc) is 3.48. The molecular weight excluding hydrogens is 611 g/mol. The summed E-state index contributed by atoms with van der Waals surface area (Å²) in [4.78, 5) is 33.1. The lowest BCUT2D eigenvalue weighted by molar-refractivity contribution is 0.0122. The molecule has 2 unspecified atom stereocenters. The predicted octanol–water partition coefficient (Wildman–Crippen LogP) is 5.67. The third-order valence-corrected chi connectivity index (χ3v) is 9.62. The standard InChI is InChI=1S/C34H38ClFN6O4/c1-34(2,3)46-33(44)42-20-11-12-21(42)17-41(16-20)31-23-15-37-29(22-9-5-7-19-8-6-10-24(35)27(19)22)28(36)30(23)38-32(39-31)45-18-25-26(43)13-14-40(25)4/h5-10,15,20-21,25-26,43H,11-14,16-18H2,1-4H3/t20?,21?,25-,26-/m1/s1. The molecule has 2 aromatic heterocycles. The molecular formula is C34H38ClFN6O4. The van der Waals surface area contributed by atoms with E-state index in [2.05, 4.69) is 14.9 Å². The predicted molar refractivity (Wildman–Crippen MR) is 175 cm³/mol. The minimum absolute atomic E-state index is 0.0175. The number of anilines is 1. The monoisotopic (exact) mass is 648 g/mol. The molecule has 2 aromatic carbocycles. The number of carbonyl (C=O) groups is 1. The number of rotatable bonds is 5. The van der Waals surface area contributed by atoms with Gasteiger partial charge in [0, 0.05) is 41.8 Å². The minimum atomic E-state index is -0.605. The maximum atomic E-state index is 16.7. The number of likely N-dealkylation sites (tertiary alicyclic amines) is 1. The van der Waals surface area contributed by atoms with Gasteiger partial charge in [-0.25, -0.2) is 9.18 Å². The molecule has 12 heteroatoms. The highest BCUT2D eigenvalue weighted by atomic mass is 35.5. The molecule has 1 N–H and O–H groups in total. The molecule has 242 valence electrons. The quantitative estimate of drug-likeness (QED) is 0.293. The average molecular weight is 649 g/mol. The number of carbonyl (C=O) groups excluding carboxylic acids is 1. The van der Waals surface area contributed by atoms with Gasteiger partial charge < -0.3 is 19.5 Å². The van der Waals surface area contributed by atoms with Crippen molar-refractivity contribution in [3.63, 3.8) is 0 Å². The van der Waals surface area contributed by atoms with E-state index in [1.165, 1.54) is 0 Å². The number of aliphatic hydroxyl groups is 1. The molecule has 3 saturated heterocycles. The molecule has 10 nitrogen and oxygen atoms in total. The van der Waals surface area contributed by atoms with Crippen molar-refractivity contribution in [1.82, 2.24) is 24.8 Å². The van der Waals surface area contributed by atoms with Crippen molar-refractivity contribution in [3.05, 3.63) is 53.4 Å². The molecule has 4 atom stereocenters. The summed E-state index contributed by atoms with van der Waals surface area (Å²) in [7, 11) is 1.93. The van der Waals surface area contributed by atoms with Crippen molar-refractivity contribution in [3.8, 4) is 17.3 Å². The fourth-order valence-electron chi connectivity index (χ4n) is 7.08. The molecule has 3 aliphatic heterocycles. The Morgan fingerprint density at radius 2 is 1.80 bits per heavy atom. The number of pyridine rings is 1. The molecule has 0 aliphatic carbocycles. The molecule has 0 spiro atoms. The van der Waals surface area contributed by atoms with Crippen LogP contribution in [0.1, 0.15) is 40.0 Å². The summed E-state index contributed by atoms with van der Waals surface area (Å²) >= 11 is 6.60. The van der Waals surface area contributed by atoms with Crippen LogP contribution >= 0.6 is 11.6 Å². The highest BCUT2D eigenvalue weighted by Crippen LogP contribution is 2.39. The van der Waals surface area contributed by atoms with Gasteiger partial charge in [-0.3, -0.25) is 14.8 Å². The number of nitrogens with zero attached hydrogens (tertiary/aromatic N) is 6. The normalized spacial score (nSPS) is 23.5. The molecule has 1 amide bonds. The second-order valence-electron chi connectivity index (χ2n) is 13.5. The van der Waals surface area contributed by atoms with E-state index in [0.29, 0.717) is 46.7 Å². The number of hydrogen-bond acceptors (Lipinski definition) is 9.